The molecule has 10 heteroatoms. The van der Waals surface area contributed by atoms with Crippen LogP contribution in [-0.4, -0.2) is 36.7 Å². The molecule has 0 radical (unpaired) electrons. The van der Waals surface area contributed by atoms with Crippen LogP contribution < -0.4 is 15.0 Å². The molecule has 180 valence electrons. The fourth-order valence-electron chi connectivity index (χ4n) is 3.92. The molecule has 1 aliphatic heterocycles. The second kappa shape index (κ2) is 9.29. The van der Waals surface area contributed by atoms with Crippen LogP contribution in [0.15, 0.2) is 69.7 Å². The Morgan fingerprint density at radius 2 is 1.80 bits per heavy atom. The second-order valence-electron chi connectivity index (χ2n) is 8.14. The average Bonchev–Trinajstić information content (AvgIpc) is 3.36. The first-order valence-corrected chi connectivity index (χ1v) is 13.2. The SMILES string of the molecule is CC(=O)c1cccc(S(=O)(=O)N(Cc2cccs2)Cc2cc3cc4c(cc3[nH]c2=O)OCCO4)c1. The lowest BCUT2D eigenvalue weighted by molar-refractivity contribution is 0.101. The summed E-state index contributed by atoms with van der Waals surface area (Å²) in [4.78, 5) is 28.5. The number of benzene rings is 2. The van der Waals surface area contributed by atoms with Crippen molar-refractivity contribution < 1.29 is 22.7 Å². The number of H-pyrrole nitrogens is 1. The highest BCUT2D eigenvalue weighted by Gasteiger charge is 2.27. The molecule has 0 unspecified atom stereocenters. The van der Waals surface area contributed by atoms with Crippen molar-refractivity contribution in [1.29, 1.82) is 0 Å². The summed E-state index contributed by atoms with van der Waals surface area (Å²) in [5, 5.41) is 2.57. The highest BCUT2D eigenvalue weighted by atomic mass is 32.2. The fraction of sp³-hybridized carbons (Fsp3) is 0.200. The van der Waals surface area contributed by atoms with Gasteiger partial charge in [0.05, 0.1) is 10.4 Å². The molecule has 8 nitrogen and oxygen atoms in total. The highest BCUT2D eigenvalue weighted by molar-refractivity contribution is 7.89. The molecule has 35 heavy (non-hydrogen) atoms. The third kappa shape index (κ3) is 4.72. The number of pyridine rings is 1. The number of sulfonamides is 1. The molecule has 2 aromatic carbocycles. The molecular weight excluding hydrogens is 488 g/mol. The molecule has 0 saturated heterocycles. The first-order chi connectivity index (χ1) is 16.8. The minimum atomic E-state index is -4.03. The minimum Gasteiger partial charge on any atom is -0.486 e. The third-order valence-corrected chi connectivity index (χ3v) is 8.37. The number of ether oxygens (including phenoxy) is 2. The lowest BCUT2D eigenvalue weighted by Crippen LogP contribution is -2.32. The molecule has 0 saturated carbocycles. The normalized spacial score (nSPS) is 13.3. The smallest absolute Gasteiger partial charge is 0.252 e. The summed E-state index contributed by atoms with van der Waals surface area (Å²) < 4.78 is 39.8. The van der Waals surface area contributed by atoms with Crippen molar-refractivity contribution in [3.63, 3.8) is 0 Å². The largest absolute Gasteiger partial charge is 0.486 e. The molecule has 0 bridgehead atoms. The number of thiophene rings is 1. The Hall–Kier alpha value is -3.47. The van der Waals surface area contributed by atoms with E-state index in [2.05, 4.69) is 4.98 Å². The molecule has 0 fully saturated rings. The van der Waals surface area contributed by atoms with E-state index in [-0.39, 0.29) is 29.3 Å². The molecule has 1 aliphatic rings. The van der Waals surface area contributed by atoms with E-state index in [1.54, 1.807) is 30.3 Å². The standard InChI is InChI=1S/C25H22N2O6S2/c1-16(28)17-4-2-6-21(11-17)35(30,31)27(15-20-5-3-9-34-20)14-19-10-18-12-23-24(33-8-7-32-23)13-22(18)26-25(19)29/h2-6,9-13H,7-8,14-15H2,1H3,(H,26,29). The van der Waals surface area contributed by atoms with Crippen LogP contribution in [-0.2, 0) is 23.1 Å². The average molecular weight is 511 g/mol. The topological polar surface area (TPSA) is 106 Å². The molecule has 3 heterocycles. The van der Waals surface area contributed by atoms with Gasteiger partial charge in [-0.15, -0.1) is 11.3 Å². The van der Waals surface area contributed by atoms with E-state index in [1.165, 1.54) is 34.7 Å². The molecule has 0 atom stereocenters. The monoisotopic (exact) mass is 510 g/mol. The van der Waals surface area contributed by atoms with Crippen molar-refractivity contribution in [2.24, 2.45) is 0 Å². The zero-order chi connectivity index (χ0) is 24.6. The number of hydrogen-bond acceptors (Lipinski definition) is 7. The van der Waals surface area contributed by atoms with Crippen LogP contribution in [0.3, 0.4) is 0 Å². The molecule has 5 rings (SSSR count). The van der Waals surface area contributed by atoms with Crippen LogP contribution in [0.5, 0.6) is 11.5 Å². The van der Waals surface area contributed by atoms with Crippen LogP contribution >= 0.6 is 11.3 Å². The Kier molecular flexibility index (Phi) is 6.18. The van der Waals surface area contributed by atoms with Crippen molar-refractivity contribution in [2.75, 3.05) is 13.2 Å². The third-order valence-electron chi connectivity index (χ3n) is 5.72. The Morgan fingerprint density at radius 3 is 2.51 bits per heavy atom. The minimum absolute atomic E-state index is 0.00130. The van der Waals surface area contributed by atoms with Crippen molar-refractivity contribution >= 4 is 38.0 Å². The van der Waals surface area contributed by atoms with Crippen LogP contribution in [0.4, 0.5) is 0 Å². The van der Waals surface area contributed by atoms with Crippen molar-refractivity contribution in [1.82, 2.24) is 9.29 Å². The summed E-state index contributed by atoms with van der Waals surface area (Å²) in [6.45, 7) is 2.19. The number of ketones is 1. The number of rotatable bonds is 7. The summed E-state index contributed by atoms with van der Waals surface area (Å²) in [6, 6.07) is 14.8. The van der Waals surface area contributed by atoms with Gasteiger partial charge in [-0.25, -0.2) is 8.42 Å². The van der Waals surface area contributed by atoms with E-state index in [0.29, 0.717) is 41.2 Å². The number of fused-ring (bicyclic) bond motifs is 2. The van der Waals surface area contributed by atoms with Crippen molar-refractivity contribution in [3.8, 4) is 11.5 Å². The molecule has 4 aromatic rings. The Balaban J connectivity index is 1.56. The number of nitrogens with one attached hydrogen (secondary N) is 1. The maximum Gasteiger partial charge on any atom is 0.252 e. The molecule has 2 aromatic heterocycles. The van der Waals surface area contributed by atoms with Gasteiger partial charge in [0.1, 0.15) is 13.2 Å². The van der Waals surface area contributed by atoms with Crippen LogP contribution in [0.25, 0.3) is 10.9 Å². The van der Waals surface area contributed by atoms with E-state index >= 15 is 0 Å². The first-order valence-electron chi connectivity index (χ1n) is 10.9. The van der Waals surface area contributed by atoms with Gasteiger partial charge in [-0.2, -0.15) is 4.31 Å². The number of aromatic nitrogens is 1. The van der Waals surface area contributed by atoms with Crippen molar-refractivity contribution in [3.05, 3.63) is 86.3 Å². The number of aromatic amines is 1. The van der Waals surface area contributed by atoms with E-state index in [0.717, 1.165) is 4.88 Å². The van der Waals surface area contributed by atoms with Gasteiger partial charge < -0.3 is 14.5 Å². The molecule has 0 spiro atoms. The van der Waals surface area contributed by atoms with Gasteiger partial charge >= 0.3 is 0 Å². The number of carbonyl (C=O) groups is 1. The van der Waals surface area contributed by atoms with Gasteiger partial charge in [0.25, 0.3) is 5.56 Å². The Morgan fingerprint density at radius 1 is 1.03 bits per heavy atom. The lowest BCUT2D eigenvalue weighted by Gasteiger charge is -2.22. The summed E-state index contributed by atoms with van der Waals surface area (Å²) in [7, 11) is -4.03. The zero-order valence-corrected chi connectivity index (χ0v) is 20.4. The van der Waals surface area contributed by atoms with Gasteiger partial charge in [-0.05, 0) is 42.6 Å². The summed E-state index contributed by atoms with van der Waals surface area (Å²) >= 11 is 1.43. The summed E-state index contributed by atoms with van der Waals surface area (Å²) in [5.74, 6) is 0.901. The highest BCUT2D eigenvalue weighted by Crippen LogP contribution is 2.34. The zero-order valence-electron chi connectivity index (χ0n) is 18.8. The van der Waals surface area contributed by atoms with Crippen LogP contribution in [0, 0.1) is 0 Å². The number of hydrogen-bond donors (Lipinski definition) is 1. The van der Waals surface area contributed by atoms with E-state index in [1.807, 2.05) is 17.5 Å². The number of Topliss-reactive ketones (excluding diaryl/α,β-unsaturated/α-hetero) is 1. The van der Waals surface area contributed by atoms with Gasteiger partial charge in [-0.3, -0.25) is 9.59 Å². The van der Waals surface area contributed by atoms with Crippen LogP contribution in [0.2, 0.25) is 0 Å². The second-order valence-corrected chi connectivity index (χ2v) is 11.1. The summed E-state index contributed by atoms with van der Waals surface area (Å²) in [6.07, 6.45) is 0. The molecular formula is C25H22N2O6S2. The predicted molar refractivity (Wildman–Crippen MR) is 133 cm³/mol. The number of carbonyl (C=O) groups excluding carboxylic acids is 1. The quantitative estimate of drug-likeness (QED) is 0.378. The maximum atomic E-state index is 13.7. The van der Waals surface area contributed by atoms with E-state index in [4.69, 9.17) is 9.47 Å². The molecule has 0 aliphatic carbocycles. The summed E-state index contributed by atoms with van der Waals surface area (Å²) in [5.41, 5.74) is 0.776. The molecule has 0 amide bonds. The number of nitrogens with zero attached hydrogens (tertiary/aromatic N) is 1. The first kappa shape index (κ1) is 23.3. The fourth-order valence-corrected chi connectivity index (χ4v) is 6.17. The Bertz CT molecular complexity index is 1580. The maximum absolute atomic E-state index is 13.7. The van der Waals surface area contributed by atoms with E-state index < -0.39 is 15.6 Å². The van der Waals surface area contributed by atoms with Gasteiger partial charge in [0.2, 0.25) is 10.0 Å². The van der Waals surface area contributed by atoms with Crippen molar-refractivity contribution in [2.45, 2.75) is 24.9 Å². The van der Waals surface area contributed by atoms with Gasteiger partial charge in [-0.1, -0.05) is 18.2 Å². The molecule has 1 N–H and O–H groups in total. The lowest BCUT2D eigenvalue weighted by atomic mass is 10.1. The van der Waals surface area contributed by atoms with Gasteiger partial charge in [0, 0.05) is 40.5 Å². The van der Waals surface area contributed by atoms with Crippen LogP contribution in [0.1, 0.15) is 27.7 Å². The van der Waals surface area contributed by atoms with Gasteiger partial charge in [0.15, 0.2) is 17.3 Å². The van der Waals surface area contributed by atoms with E-state index in [9.17, 15) is 18.0 Å². The predicted octanol–water partition coefficient (Wildman–Crippen LogP) is 3.95. The Labute approximate surface area is 205 Å².